The maximum atomic E-state index is 15.5. The molecule has 68 heavy (non-hydrogen) atoms. The zero-order valence-electron chi connectivity index (χ0n) is 41.0. The third kappa shape index (κ3) is 7.73. The first-order chi connectivity index (χ1) is 31.8. The SMILES string of the molecule is CC(C)(C)c1ccc2c(c1)c1cc(C(C)(C)C)ccc1n2-c1cccc(C#N)c1-c1c(-c2ccc(C#N)cc2C(F)(F)F)cccc1-n1c2ccc(C(C)(C)C)cc2c2cc(C(C)(C)C)ccc21. The molecule has 7 heteroatoms. The molecule has 0 saturated heterocycles. The van der Waals surface area contributed by atoms with Crippen molar-refractivity contribution in [1.29, 1.82) is 10.5 Å². The molecule has 9 aromatic rings. The molecule has 0 saturated carbocycles. The molecule has 0 aliphatic carbocycles. The van der Waals surface area contributed by atoms with Crippen molar-refractivity contribution in [2.75, 3.05) is 0 Å². The van der Waals surface area contributed by atoms with Gasteiger partial charge in [0, 0.05) is 32.7 Å². The van der Waals surface area contributed by atoms with Gasteiger partial charge in [-0.05, 0) is 134 Å². The lowest BCUT2D eigenvalue weighted by Gasteiger charge is -2.24. The van der Waals surface area contributed by atoms with E-state index in [0.29, 0.717) is 28.1 Å². The first kappa shape index (κ1) is 46.0. The smallest absolute Gasteiger partial charge is 0.309 e. The molecule has 0 radical (unpaired) electrons. The number of rotatable bonds is 4. The van der Waals surface area contributed by atoms with Gasteiger partial charge in [-0.15, -0.1) is 0 Å². The van der Waals surface area contributed by atoms with Gasteiger partial charge >= 0.3 is 6.18 Å². The highest BCUT2D eigenvalue weighted by molar-refractivity contribution is 6.13. The number of halogens is 3. The fourth-order valence-electron chi connectivity index (χ4n) is 9.81. The van der Waals surface area contributed by atoms with Crippen LogP contribution in [0.1, 0.15) is 122 Å². The van der Waals surface area contributed by atoms with Gasteiger partial charge in [-0.1, -0.05) is 132 Å². The number of hydrogen-bond acceptors (Lipinski definition) is 2. The summed E-state index contributed by atoms with van der Waals surface area (Å²) in [6.45, 7) is 26.3. The second-order valence-electron chi connectivity index (χ2n) is 22.5. The molecule has 9 rings (SSSR count). The molecule has 2 heterocycles. The van der Waals surface area contributed by atoms with Gasteiger partial charge < -0.3 is 9.13 Å². The van der Waals surface area contributed by atoms with Gasteiger partial charge in [-0.2, -0.15) is 23.7 Å². The van der Waals surface area contributed by atoms with Gasteiger partial charge in [-0.3, -0.25) is 0 Å². The molecule has 342 valence electrons. The quantitative estimate of drug-likeness (QED) is 0.177. The Balaban J connectivity index is 1.50. The highest BCUT2D eigenvalue weighted by Crippen LogP contribution is 2.49. The Labute approximate surface area is 397 Å². The fraction of sp³-hybridized carbons (Fsp3) is 0.279. The van der Waals surface area contributed by atoms with E-state index < -0.39 is 11.7 Å². The fourth-order valence-corrected chi connectivity index (χ4v) is 9.81. The summed E-state index contributed by atoms with van der Waals surface area (Å²) in [5.41, 5.74) is 9.26. The summed E-state index contributed by atoms with van der Waals surface area (Å²) in [5.74, 6) is 0. The van der Waals surface area contributed by atoms with Crippen molar-refractivity contribution in [3.05, 3.63) is 166 Å². The molecule has 0 unspecified atom stereocenters. The van der Waals surface area contributed by atoms with E-state index in [0.717, 1.165) is 60.8 Å². The van der Waals surface area contributed by atoms with Crippen molar-refractivity contribution < 1.29 is 13.2 Å². The van der Waals surface area contributed by atoms with Gasteiger partial charge in [0.15, 0.2) is 0 Å². The summed E-state index contributed by atoms with van der Waals surface area (Å²) in [7, 11) is 0. The van der Waals surface area contributed by atoms with E-state index in [2.05, 4.69) is 171 Å². The molecule has 0 amide bonds. The zero-order valence-corrected chi connectivity index (χ0v) is 41.0. The van der Waals surface area contributed by atoms with Crippen LogP contribution in [0.3, 0.4) is 0 Å². The lowest BCUT2D eigenvalue weighted by atomic mass is 9.85. The van der Waals surface area contributed by atoms with E-state index in [9.17, 15) is 10.5 Å². The van der Waals surface area contributed by atoms with Gasteiger partial charge in [0.1, 0.15) is 0 Å². The topological polar surface area (TPSA) is 57.4 Å². The van der Waals surface area contributed by atoms with Crippen molar-refractivity contribution in [3.63, 3.8) is 0 Å². The van der Waals surface area contributed by atoms with Crippen LogP contribution in [0.5, 0.6) is 0 Å². The van der Waals surface area contributed by atoms with Crippen LogP contribution < -0.4 is 0 Å². The monoisotopic (exact) mass is 902 g/mol. The minimum absolute atomic E-state index is 0.0929. The van der Waals surface area contributed by atoms with Crippen molar-refractivity contribution in [2.24, 2.45) is 0 Å². The Morgan fingerprint density at radius 3 is 1.13 bits per heavy atom. The van der Waals surface area contributed by atoms with Crippen molar-refractivity contribution >= 4 is 43.6 Å². The Bertz CT molecular complexity index is 3470. The maximum Gasteiger partial charge on any atom is 0.417 e. The van der Waals surface area contributed by atoms with Crippen LogP contribution in [0, 0.1) is 22.7 Å². The maximum absolute atomic E-state index is 15.5. The third-order valence-electron chi connectivity index (χ3n) is 13.7. The van der Waals surface area contributed by atoms with Crippen LogP contribution in [0.4, 0.5) is 13.2 Å². The van der Waals surface area contributed by atoms with Crippen LogP contribution >= 0.6 is 0 Å². The Hall–Kier alpha value is -7.09. The number of nitriles is 2. The summed E-state index contributed by atoms with van der Waals surface area (Å²) in [4.78, 5) is 0. The molecular weight excluding hydrogens is 846 g/mol. The van der Waals surface area contributed by atoms with Crippen LogP contribution in [0.15, 0.2) is 127 Å². The molecule has 0 bridgehead atoms. The summed E-state index contributed by atoms with van der Waals surface area (Å²) in [6, 6.07) is 45.4. The van der Waals surface area contributed by atoms with Gasteiger partial charge in [-0.25, -0.2) is 0 Å². The van der Waals surface area contributed by atoms with E-state index in [4.69, 9.17) is 0 Å². The average molecular weight is 903 g/mol. The molecule has 0 N–H and O–H groups in total. The van der Waals surface area contributed by atoms with Crippen molar-refractivity contribution in [1.82, 2.24) is 9.13 Å². The molecule has 0 spiro atoms. The summed E-state index contributed by atoms with van der Waals surface area (Å²) >= 11 is 0. The van der Waals surface area contributed by atoms with E-state index >= 15 is 13.2 Å². The first-order valence-corrected chi connectivity index (χ1v) is 23.3. The summed E-state index contributed by atoms with van der Waals surface area (Å²) < 4.78 is 50.8. The molecule has 0 aliphatic rings. The van der Waals surface area contributed by atoms with E-state index in [1.807, 2.05) is 24.3 Å². The number of fused-ring (bicyclic) bond motifs is 6. The first-order valence-electron chi connectivity index (χ1n) is 23.3. The molecule has 2 aromatic heterocycles. The largest absolute Gasteiger partial charge is 0.417 e. The van der Waals surface area contributed by atoms with Crippen molar-refractivity contribution in [2.45, 2.75) is 111 Å². The number of alkyl halides is 3. The average Bonchev–Trinajstić information content (AvgIpc) is 3.78. The summed E-state index contributed by atoms with van der Waals surface area (Å²) in [5, 5.41) is 25.3. The normalized spacial score (nSPS) is 12.9. The number of aromatic nitrogens is 2. The van der Waals surface area contributed by atoms with Crippen molar-refractivity contribution in [3.8, 4) is 45.8 Å². The van der Waals surface area contributed by atoms with Crippen LogP contribution in [0.2, 0.25) is 0 Å². The minimum atomic E-state index is -4.81. The zero-order chi connectivity index (χ0) is 49.0. The molecular formula is C61H57F3N4. The second-order valence-corrected chi connectivity index (χ2v) is 22.5. The molecule has 0 fully saturated rings. The van der Waals surface area contributed by atoms with Gasteiger partial charge in [0.05, 0.1) is 62.3 Å². The van der Waals surface area contributed by atoms with E-state index in [-0.39, 0.29) is 38.4 Å². The third-order valence-corrected chi connectivity index (χ3v) is 13.7. The van der Waals surface area contributed by atoms with Gasteiger partial charge in [0.25, 0.3) is 0 Å². The minimum Gasteiger partial charge on any atom is -0.309 e. The molecule has 0 aliphatic heterocycles. The molecule has 4 nitrogen and oxygen atoms in total. The predicted molar refractivity (Wildman–Crippen MR) is 275 cm³/mol. The van der Waals surface area contributed by atoms with E-state index in [1.54, 1.807) is 18.2 Å². The predicted octanol–water partition coefficient (Wildman–Crippen LogP) is 17.2. The van der Waals surface area contributed by atoms with Crippen LogP contribution in [-0.2, 0) is 27.8 Å². The molecule has 0 atom stereocenters. The standard InChI is InChI=1S/C61H57F3N4/c1-57(2,3)38-20-25-49-44(30-38)45-31-39(58(4,5)6)21-26-50(45)67(49)53-17-13-15-37(35-66)55(53)56-43(42-24-19-36(34-65)29-48(42)61(62,63)64)16-14-18-54(56)68-51-27-22-40(59(7,8)9)32-46(51)47-33-41(60(10,11)12)23-28-52(47)68/h13-33H,1-12H3. The van der Waals surface area contributed by atoms with Crippen LogP contribution in [0.25, 0.3) is 77.2 Å². The summed E-state index contributed by atoms with van der Waals surface area (Å²) in [6.07, 6.45) is -4.81. The number of benzene rings is 7. The highest BCUT2D eigenvalue weighted by atomic mass is 19.4. The lowest BCUT2D eigenvalue weighted by molar-refractivity contribution is -0.137. The molecule has 7 aromatic carbocycles. The van der Waals surface area contributed by atoms with Gasteiger partial charge in [0.2, 0.25) is 0 Å². The second kappa shape index (κ2) is 15.7. The van der Waals surface area contributed by atoms with E-state index in [1.165, 1.54) is 23.3 Å². The lowest BCUT2D eigenvalue weighted by Crippen LogP contribution is -2.11. The van der Waals surface area contributed by atoms with Crippen LogP contribution in [-0.4, -0.2) is 9.13 Å². The number of hydrogen-bond donors (Lipinski definition) is 0. The Morgan fingerprint density at radius 1 is 0.397 bits per heavy atom. The highest BCUT2D eigenvalue weighted by Gasteiger charge is 2.36. The Morgan fingerprint density at radius 2 is 0.779 bits per heavy atom. The number of nitrogens with zero attached hydrogens (tertiary/aromatic N) is 4. The Kier molecular flexibility index (Phi) is 10.7.